The Morgan fingerprint density at radius 3 is 2.13 bits per heavy atom. The molecule has 5 nitrogen and oxygen atoms in total. The Bertz CT molecular complexity index is 710. The number of halogens is 2. The van der Waals surface area contributed by atoms with E-state index in [1.54, 1.807) is 4.90 Å². The smallest absolute Gasteiger partial charge is 0.249 e. The van der Waals surface area contributed by atoms with Gasteiger partial charge in [0.1, 0.15) is 11.6 Å². The predicted octanol–water partition coefficient (Wildman–Crippen LogP) is 1.45. The molecule has 1 amide bonds. The lowest BCUT2D eigenvalue weighted by Crippen LogP contribution is -2.51. The van der Waals surface area contributed by atoms with Gasteiger partial charge in [0.2, 0.25) is 15.9 Å². The van der Waals surface area contributed by atoms with Crippen LogP contribution in [0.5, 0.6) is 0 Å². The van der Waals surface area contributed by atoms with Crippen LogP contribution in [-0.2, 0) is 14.8 Å². The summed E-state index contributed by atoms with van der Waals surface area (Å²) in [5.74, 6) is -1.73. The van der Waals surface area contributed by atoms with Gasteiger partial charge in [-0.15, -0.1) is 0 Å². The minimum atomic E-state index is -4.24. The first kappa shape index (κ1) is 16.3. The zero-order valence-corrected chi connectivity index (χ0v) is 13.5. The van der Waals surface area contributed by atoms with Gasteiger partial charge in [0.05, 0.1) is 0 Å². The van der Waals surface area contributed by atoms with Gasteiger partial charge in [0, 0.05) is 32.1 Å². The van der Waals surface area contributed by atoms with Crippen molar-refractivity contribution < 1.29 is 22.0 Å². The molecule has 1 heterocycles. The quantitative estimate of drug-likeness (QED) is 0.834. The van der Waals surface area contributed by atoms with Crippen molar-refractivity contribution in [2.45, 2.75) is 18.2 Å². The van der Waals surface area contributed by atoms with Gasteiger partial charge in [-0.2, -0.15) is 4.31 Å². The Morgan fingerprint density at radius 2 is 1.65 bits per heavy atom. The lowest BCUT2D eigenvalue weighted by Gasteiger charge is -2.34. The molecular formula is C15H18F2N2O3S. The van der Waals surface area contributed by atoms with Crippen molar-refractivity contribution in [1.29, 1.82) is 0 Å². The summed E-state index contributed by atoms with van der Waals surface area (Å²) >= 11 is 0. The zero-order chi connectivity index (χ0) is 16.8. The van der Waals surface area contributed by atoms with E-state index >= 15 is 0 Å². The largest absolute Gasteiger partial charge is 0.340 e. The van der Waals surface area contributed by atoms with Gasteiger partial charge in [-0.3, -0.25) is 4.79 Å². The highest BCUT2D eigenvalue weighted by atomic mass is 32.2. The average Bonchev–Trinajstić information content (AvgIpc) is 3.23. The van der Waals surface area contributed by atoms with Crippen molar-refractivity contribution >= 4 is 15.9 Å². The van der Waals surface area contributed by atoms with Crippen molar-refractivity contribution in [3.8, 4) is 0 Å². The summed E-state index contributed by atoms with van der Waals surface area (Å²) in [5.41, 5.74) is 0. The molecule has 1 aliphatic heterocycles. The molecule has 126 valence electrons. The molecule has 2 fully saturated rings. The molecule has 1 aromatic carbocycles. The maximum absolute atomic E-state index is 13.8. The number of carbonyl (C=O) groups excluding carboxylic acids is 1. The Balaban J connectivity index is 1.73. The van der Waals surface area contributed by atoms with Gasteiger partial charge < -0.3 is 4.90 Å². The summed E-state index contributed by atoms with van der Waals surface area (Å²) in [7, 11) is -4.24. The summed E-state index contributed by atoms with van der Waals surface area (Å²) in [6, 6.07) is 2.96. The van der Waals surface area contributed by atoms with Crippen LogP contribution in [0.15, 0.2) is 23.1 Å². The summed E-state index contributed by atoms with van der Waals surface area (Å²) in [6.07, 6.45) is 0.873. The van der Waals surface area contributed by atoms with E-state index in [-0.39, 0.29) is 38.0 Å². The minimum Gasteiger partial charge on any atom is -0.340 e. The second-order valence-electron chi connectivity index (χ2n) is 6.10. The van der Waals surface area contributed by atoms with Crippen LogP contribution in [0.1, 0.15) is 13.3 Å². The average molecular weight is 344 g/mol. The van der Waals surface area contributed by atoms with Crippen molar-refractivity contribution in [3.05, 3.63) is 29.8 Å². The number of rotatable bonds is 3. The number of sulfonamides is 1. The van der Waals surface area contributed by atoms with E-state index in [9.17, 15) is 22.0 Å². The third-order valence-electron chi connectivity index (χ3n) is 4.49. The summed E-state index contributed by atoms with van der Waals surface area (Å²) in [5, 5.41) is 0. The second-order valence-corrected chi connectivity index (χ2v) is 7.97. The van der Waals surface area contributed by atoms with Crippen molar-refractivity contribution in [2.24, 2.45) is 11.8 Å². The third-order valence-corrected chi connectivity index (χ3v) is 6.44. The molecule has 2 atom stereocenters. The predicted molar refractivity (Wildman–Crippen MR) is 79.0 cm³/mol. The Kier molecular flexibility index (Phi) is 4.14. The molecule has 0 spiro atoms. The van der Waals surface area contributed by atoms with Crippen LogP contribution in [0.3, 0.4) is 0 Å². The van der Waals surface area contributed by atoms with Crippen molar-refractivity contribution in [3.63, 3.8) is 0 Å². The van der Waals surface area contributed by atoms with Crippen LogP contribution in [-0.4, -0.2) is 49.7 Å². The molecule has 1 saturated heterocycles. The van der Waals surface area contributed by atoms with Gasteiger partial charge in [0.25, 0.3) is 0 Å². The topological polar surface area (TPSA) is 57.7 Å². The van der Waals surface area contributed by atoms with E-state index in [0.717, 1.165) is 28.9 Å². The lowest BCUT2D eigenvalue weighted by molar-refractivity contribution is -0.134. The Labute approximate surface area is 133 Å². The van der Waals surface area contributed by atoms with Gasteiger partial charge in [-0.25, -0.2) is 17.2 Å². The Morgan fingerprint density at radius 1 is 1.13 bits per heavy atom. The van der Waals surface area contributed by atoms with Crippen LogP contribution in [0.4, 0.5) is 8.78 Å². The normalized spacial score (nSPS) is 25.4. The van der Waals surface area contributed by atoms with E-state index in [1.807, 2.05) is 6.92 Å². The highest BCUT2D eigenvalue weighted by molar-refractivity contribution is 7.89. The van der Waals surface area contributed by atoms with Gasteiger partial charge in [-0.1, -0.05) is 13.0 Å². The third kappa shape index (κ3) is 2.97. The van der Waals surface area contributed by atoms with E-state index in [2.05, 4.69) is 0 Å². The summed E-state index contributed by atoms with van der Waals surface area (Å²) < 4.78 is 53.4. The fraction of sp³-hybridized carbons (Fsp3) is 0.533. The molecule has 23 heavy (non-hydrogen) atoms. The minimum absolute atomic E-state index is 0.0437. The molecule has 8 heteroatoms. The molecule has 1 aliphatic carbocycles. The molecule has 0 aromatic heterocycles. The van der Waals surface area contributed by atoms with Crippen LogP contribution in [0, 0.1) is 23.5 Å². The van der Waals surface area contributed by atoms with Crippen LogP contribution in [0.25, 0.3) is 0 Å². The SMILES string of the molecule is C[C@@H]1C[C@H]1C(=O)N1CCN(S(=O)(=O)c2c(F)cccc2F)CC1. The van der Waals surface area contributed by atoms with Crippen molar-refractivity contribution in [1.82, 2.24) is 9.21 Å². The molecule has 0 radical (unpaired) electrons. The molecule has 1 aromatic rings. The maximum atomic E-state index is 13.8. The number of hydrogen-bond donors (Lipinski definition) is 0. The molecule has 0 unspecified atom stereocenters. The number of carbonyl (C=O) groups is 1. The first-order valence-electron chi connectivity index (χ1n) is 7.55. The number of hydrogen-bond acceptors (Lipinski definition) is 3. The second kappa shape index (κ2) is 5.83. The molecule has 1 saturated carbocycles. The maximum Gasteiger partial charge on any atom is 0.249 e. The fourth-order valence-electron chi connectivity index (χ4n) is 2.91. The van der Waals surface area contributed by atoms with Crippen molar-refractivity contribution in [2.75, 3.05) is 26.2 Å². The molecular weight excluding hydrogens is 326 g/mol. The monoisotopic (exact) mass is 344 g/mol. The number of amides is 1. The van der Waals surface area contributed by atoms with E-state index in [1.165, 1.54) is 0 Å². The highest BCUT2D eigenvalue weighted by Crippen LogP contribution is 2.39. The molecule has 0 bridgehead atoms. The summed E-state index contributed by atoms with van der Waals surface area (Å²) in [6.45, 7) is 2.59. The lowest BCUT2D eigenvalue weighted by atomic mass is 10.2. The van der Waals surface area contributed by atoms with E-state index < -0.39 is 26.6 Å². The van der Waals surface area contributed by atoms with E-state index in [0.29, 0.717) is 5.92 Å². The first-order chi connectivity index (χ1) is 10.8. The fourth-order valence-corrected chi connectivity index (χ4v) is 4.44. The first-order valence-corrected chi connectivity index (χ1v) is 8.99. The van der Waals surface area contributed by atoms with Gasteiger partial charge in [0.15, 0.2) is 4.90 Å². The Hall–Kier alpha value is -1.54. The highest BCUT2D eigenvalue weighted by Gasteiger charge is 2.43. The zero-order valence-electron chi connectivity index (χ0n) is 12.7. The molecule has 3 rings (SSSR count). The summed E-state index contributed by atoms with van der Waals surface area (Å²) in [4.78, 5) is 12.9. The number of nitrogens with zero attached hydrogens (tertiary/aromatic N) is 2. The van der Waals surface area contributed by atoms with E-state index in [4.69, 9.17) is 0 Å². The van der Waals surface area contributed by atoms with Crippen LogP contribution in [0.2, 0.25) is 0 Å². The van der Waals surface area contributed by atoms with Crippen LogP contribution >= 0.6 is 0 Å². The standard InChI is InChI=1S/C15H18F2N2O3S/c1-10-9-11(10)15(20)18-5-7-19(8-6-18)23(21,22)14-12(16)3-2-4-13(14)17/h2-4,10-11H,5-9H2,1H3/t10-,11-/m1/s1. The van der Waals surface area contributed by atoms with Gasteiger partial charge in [-0.05, 0) is 24.5 Å². The molecule has 2 aliphatic rings. The van der Waals surface area contributed by atoms with Crippen LogP contribution < -0.4 is 0 Å². The number of benzene rings is 1. The van der Waals surface area contributed by atoms with Gasteiger partial charge >= 0.3 is 0 Å². The number of piperazine rings is 1. The molecule has 0 N–H and O–H groups in total.